The van der Waals surface area contributed by atoms with E-state index in [1.54, 1.807) is 36.4 Å². The fraction of sp³-hybridized carbons (Fsp3) is 0.261. The quantitative estimate of drug-likeness (QED) is 0.473. The number of carbonyl (C=O) groups is 1. The molecule has 0 unspecified atom stereocenters. The molecule has 0 atom stereocenters. The van der Waals surface area contributed by atoms with E-state index in [0.717, 1.165) is 24.6 Å². The molecule has 7 nitrogen and oxygen atoms in total. The normalized spacial score (nSPS) is 13.8. The maximum Gasteiger partial charge on any atom is 0.288 e. The highest BCUT2D eigenvalue weighted by atomic mass is 32.2. The molecule has 2 heterocycles. The topological polar surface area (TPSA) is 79.4 Å². The minimum absolute atomic E-state index is 0.206. The average molecular weight is 472 g/mol. The number of carbonyl (C=O) groups excluding carboxylic acids is 1. The number of amides is 1. The van der Waals surface area contributed by atoms with E-state index in [9.17, 15) is 13.6 Å². The number of thioether (sulfide) groups is 1. The Balaban J connectivity index is 1.43. The Morgan fingerprint density at radius 1 is 1.06 bits per heavy atom. The summed E-state index contributed by atoms with van der Waals surface area (Å²) in [6.07, 6.45) is 0. The van der Waals surface area contributed by atoms with Gasteiger partial charge in [0.1, 0.15) is 17.5 Å². The number of nitrogens with one attached hydrogen (secondary N) is 2. The summed E-state index contributed by atoms with van der Waals surface area (Å²) in [5, 5.41) is 6.01. The lowest BCUT2D eigenvalue weighted by Gasteiger charge is -2.28. The molecule has 3 aromatic rings. The molecule has 2 N–H and O–H groups in total. The number of ether oxygens (including phenoxy) is 1. The van der Waals surface area contributed by atoms with Crippen molar-refractivity contribution in [2.45, 2.75) is 17.6 Å². The van der Waals surface area contributed by atoms with Crippen molar-refractivity contribution in [3.8, 4) is 0 Å². The van der Waals surface area contributed by atoms with Crippen LogP contribution < -0.4 is 15.5 Å². The average Bonchev–Trinajstić information content (AvgIpc) is 2.80. The van der Waals surface area contributed by atoms with Gasteiger partial charge in [0.25, 0.3) is 11.7 Å². The summed E-state index contributed by atoms with van der Waals surface area (Å²) in [5.41, 5.74) is 1.54. The molecule has 4 rings (SSSR count). The van der Waals surface area contributed by atoms with Crippen molar-refractivity contribution in [1.29, 1.82) is 0 Å². The van der Waals surface area contributed by atoms with Gasteiger partial charge in [0, 0.05) is 35.4 Å². The van der Waals surface area contributed by atoms with Crippen molar-refractivity contribution in [3.63, 3.8) is 0 Å². The highest BCUT2D eigenvalue weighted by Crippen LogP contribution is 2.29. The van der Waals surface area contributed by atoms with Crippen molar-refractivity contribution >= 4 is 40.7 Å². The molecule has 172 valence electrons. The second kappa shape index (κ2) is 10.6. The van der Waals surface area contributed by atoms with E-state index >= 15 is 0 Å². The molecule has 33 heavy (non-hydrogen) atoms. The molecule has 0 aliphatic carbocycles. The Morgan fingerprint density at radius 3 is 2.48 bits per heavy atom. The van der Waals surface area contributed by atoms with Crippen molar-refractivity contribution in [3.05, 3.63) is 66.0 Å². The minimum atomic E-state index is -2.60. The molecule has 0 radical (unpaired) electrons. The molecule has 1 aliphatic heterocycles. The predicted octanol–water partition coefficient (Wildman–Crippen LogP) is 4.93. The molecule has 10 heteroatoms. The Kier molecular flexibility index (Phi) is 7.36. The Morgan fingerprint density at radius 2 is 1.76 bits per heavy atom. The zero-order valence-corrected chi connectivity index (χ0v) is 18.7. The van der Waals surface area contributed by atoms with Gasteiger partial charge in [-0.1, -0.05) is 23.9 Å². The van der Waals surface area contributed by atoms with Gasteiger partial charge in [0.2, 0.25) is 0 Å². The van der Waals surface area contributed by atoms with Gasteiger partial charge in [-0.05, 0) is 43.3 Å². The monoisotopic (exact) mass is 471 g/mol. The maximum atomic E-state index is 12.8. The number of aromatic nitrogens is 2. The summed E-state index contributed by atoms with van der Waals surface area (Å²) in [6.45, 7) is 4.75. The number of halogens is 2. The van der Waals surface area contributed by atoms with Crippen LogP contribution >= 0.6 is 11.8 Å². The predicted molar refractivity (Wildman–Crippen MR) is 126 cm³/mol. The lowest BCUT2D eigenvalue weighted by Crippen LogP contribution is -2.36. The summed E-state index contributed by atoms with van der Waals surface area (Å²) in [6, 6.07) is 15.3. The number of aryl methyl sites for hydroxylation is 1. The van der Waals surface area contributed by atoms with E-state index < -0.39 is 11.7 Å². The van der Waals surface area contributed by atoms with Crippen LogP contribution in [0.15, 0.2) is 59.5 Å². The Hall–Kier alpha value is -3.24. The molecule has 2 aromatic carbocycles. The lowest BCUT2D eigenvalue weighted by molar-refractivity contribution is 0.102. The Labute approximate surface area is 194 Å². The summed E-state index contributed by atoms with van der Waals surface area (Å²) >= 11 is 0.353. The first-order chi connectivity index (χ1) is 16.0. The number of benzene rings is 2. The zero-order valence-electron chi connectivity index (χ0n) is 17.9. The second-order valence-electron chi connectivity index (χ2n) is 7.29. The van der Waals surface area contributed by atoms with Crippen LogP contribution in [0.25, 0.3) is 0 Å². The summed E-state index contributed by atoms with van der Waals surface area (Å²) in [7, 11) is 0. The largest absolute Gasteiger partial charge is 0.378 e. The molecule has 0 saturated carbocycles. The lowest BCUT2D eigenvalue weighted by atomic mass is 10.2. The van der Waals surface area contributed by atoms with Gasteiger partial charge in [-0.15, -0.1) is 0 Å². The van der Waals surface area contributed by atoms with Crippen molar-refractivity contribution < 1.29 is 18.3 Å². The third-order valence-electron chi connectivity index (χ3n) is 4.92. The number of nitrogens with zero attached hydrogens (tertiary/aromatic N) is 3. The third-order valence-corrected chi connectivity index (χ3v) is 5.71. The van der Waals surface area contributed by atoms with Crippen LogP contribution in [0.1, 0.15) is 16.2 Å². The summed E-state index contributed by atoms with van der Waals surface area (Å²) < 4.78 is 31.0. The zero-order chi connectivity index (χ0) is 23.2. The van der Waals surface area contributed by atoms with Crippen LogP contribution in [0, 0.1) is 6.92 Å². The fourth-order valence-corrected chi connectivity index (χ4v) is 4.04. The number of hydrogen-bond acceptors (Lipinski definition) is 7. The molecule has 1 fully saturated rings. The molecular formula is C23H23F2N5O2S. The van der Waals surface area contributed by atoms with Crippen molar-refractivity contribution in [2.75, 3.05) is 41.8 Å². The van der Waals surface area contributed by atoms with Crippen LogP contribution in [0.4, 0.5) is 31.8 Å². The van der Waals surface area contributed by atoms with E-state index in [4.69, 9.17) is 4.74 Å². The van der Waals surface area contributed by atoms with Crippen LogP contribution in [0.2, 0.25) is 0 Å². The van der Waals surface area contributed by atoms with Crippen molar-refractivity contribution in [2.24, 2.45) is 0 Å². The first-order valence-electron chi connectivity index (χ1n) is 10.4. The van der Waals surface area contributed by atoms with Crippen molar-refractivity contribution in [1.82, 2.24) is 9.97 Å². The molecule has 1 amide bonds. The second-order valence-corrected chi connectivity index (χ2v) is 8.32. The van der Waals surface area contributed by atoms with Crippen LogP contribution in [-0.4, -0.2) is 47.9 Å². The highest BCUT2D eigenvalue weighted by molar-refractivity contribution is 7.99. The molecule has 1 aliphatic rings. The first-order valence-corrected chi connectivity index (χ1v) is 11.3. The number of rotatable bonds is 7. The van der Waals surface area contributed by atoms with E-state index in [0.29, 0.717) is 42.3 Å². The fourth-order valence-electron chi connectivity index (χ4n) is 3.41. The SMILES string of the molecule is Cc1nc(Nc2ccc(NC(=O)c3ccccc3SC(F)F)cc2)cc(N2CCOCC2)n1. The molecular weight excluding hydrogens is 448 g/mol. The van der Waals surface area contributed by atoms with Gasteiger partial charge in [0.05, 0.1) is 18.8 Å². The van der Waals surface area contributed by atoms with Gasteiger partial charge in [-0.2, -0.15) is 8.78 Å². The van der Waals surface area contributed by atoms with Gasteiger partial charge in [0.15, 0.2) is 0 Å². The van der Waals surface area contributed by atoms with E-state index in [1.165, 1.54) is 12.1 Å². The van der Waals surface area contributed by atoms with E-state index in [-0.39, 0.29) is 10.5 Å². The van der Waals surface area contributed by atoms with Gasteiger partial charge >= 0.3 is 0 Å². The molecule has 0 spiro atoms. The highest BCUT2D eigenvalue weighted by Gasteiger charge is 2.16. The standard InChI is InChI=1S/C23H23F2N5O2S/c1-15-26-20(14-21(27-15)30-10-12-32-13-11-30)28-16-6-8-17(9-7-16)29-22(31)18-4-2-3-5-19(18)33-23(24)25/h2-9,14,23H,10-13H2,1H3,(H,29,31)(H,26,27,28). The van der Waals surface area contributed by atoms with Gasteiger partial charge in [-0.25, -0.2) is 9.97 Å². The van der Waals surface area contributed by atoms with Gasteiger partial charge in [-0.3, -0.25) is 4.79 Å². The van der Waals surface area contributed by atoms with Gasteiger partial charge < -0.3 is 20.3 Å². The van der Waals surface area contributed by atoms with Crippen LogP contribution in [0.3, 0.4) is 0 Å². The maximum absolute atomic E-state index is 12.8. The summed E-state index contributed by atoms with van der Waals surface area (Å²) in [4.78, 5) is 24.0. The minimum Gasteiger partial charge on any atom is -0.378 e. The number of anilines is 4. The Bertz CT molecular complexity index is 1110. The first kappa shape index (κ1) is 22.9. The van der Waals surface area contributed by atoms with Crippen LogP contribution in [-0.2, 0) is 4.74 Å². The van der Waals surface area contributed by atoms with E-state index in [2.05, 4.69) is 25.5 Å². The number of hydrogen-bond donors (Lipinski definition) is 2. The van der Waals surface area contributed by atoms with E-state index in [1.807, 2.05) is 13.0 Å². The number of morpholine rings is 1. The summed E-state index contributed by atoms with van der Waals surface area (Å²) in [5.74, 6) is -0.874. The van der Waals surface area contributed by atoms with Crippen LogP contribution in [0.5, 0.6) is 0 Å². The molecule has 1 aromatic heterocycles. The molecule has 0 bridgehead atoms. The molecule has 1 saturated heterocycles. The number of alkyl halides is 2. The smallest absolute Gasteiger partial charge is 0.288 e. The third kappa shape index (κ3) is 6.17.